The number of anilines is 3. The zero-order valence-corrected chi connectivity index (χ0v) is 35.0. The van der Waals surface area contributed by atoms with Crippen molar-refractivity contribution in [1.82, 2.24) is 19.9 Å². The second kappa shape index (κ2) is 14.2. The maximum Gasteiger partial charge on any atom is 0.229 e. The van der Waals surface area contributed by atoms with Crippen LogP contribution in [-0.2, 0) is 0 Å². The van der Waals surface area contributed by atoms with Crippen molar-refractivity contribution >= 4 is 105 Å². The Morgan fingerprint density at radius 3 is 1.27 bits per heavy atom. The van der Waals surface area contributed by atoms with E-state index in [1.54, 1.807) is 18.6 Å². The van der Waals surface area contributed by atoms with Crippen molar-refractivity contribution in [3.63, 3.8) is 0 Å². The van der Waals surface area contributed by atoms with Crippen molar-refractivity contribution in [2.24, 2.45) is 0 Å². The number of hydrogen-bond donors (Lipinski definition) is 0. The highest BCUT2D eigenvalue weighted by Gasteiger charge is 2.17. The molecule has 14 aromatic rings. The molecule has 0 amide bonds. The average molecular weight is 848 g/mol. The summed E-state index contributed by atoms with van der Waals surface area (Å²) in [5.41, 5.74) is 13.7. The molecule has 14 rings (SSSR count). The molecule has 0 fully saturated rings. The van der Waals surface area contributed by atoms with E-state index < -0.39 is 0 Å². The predicted molar refractivity (Wildman–Crippen MR) is 265 cm³/mol. The van der Waals surface area contributed by atoms with Gasteiger partial charge in [0, 0.05) is 74.3 Å². The first-order valence-corrected chi connectivity index (χ1v) is 21.8. The molecule has 8 heteroatoms. The van der Waals surface area contributed by atoms with Crippen LogP contribution in [0, 0.1) is 0 Å². The van der Waals surface area contributed by atoms with Crippen molar-refractivity contribution in [3.8, 4) is 33.4 Å². The molecule has 66 heavy (non-hydrogen) atoms. The lowest BCUT2D eigenvalue weighted by molar-refractivity contribution is 0.640. The maximum absolute atomic E-state index is 6.13. The molecule has 0 saturated carbocycles. The van der Waals surface area contributed by atoms with Gasteiger partial charge < -0.3 is 18.2 Å². The van der Waals surface area contributed by atoms with Crippen LogP contribution in [0.2, 0.25) is 0 Å². The number of rotatable bonds is 6. The first-order valence-electron chi connectivity index (χ1n) is 21.8. The molecule has 0 aliphatic heterocycles. The number of pyridine rings is 4. The second-order valence-electron chi connectivity index (χ2n) is 16.7. The van der Waals surface area contributed by atoms with E-state index >= 15 is 0 Å². The molecule has 7 aromatic carbocycles. The lowest BCUT2D eigenvalue weighted by atomic mass is 9.98. The van der Waals surface area contributed by atoms with Gasteiger partial charge in [0.05, 0.1) is 5.39 Å². The van der Waals surface area contributed by atoms with E-state index in [1.807, 2.05) is 30.5 Å². The molecule has 0 bridgehead atoms. The predicted octanol–water partition coefficient (Wildman–Crippen LogP) is 15.7. The molecule has 7 aromatic heterocycles. The van der Waals surface area contributed by atoms with Crippen molar-refractivity contribution in [2.45, 2.75) is 0 Å². The van der Waals surface area contributed by atoms with Crippen LogP contribution in [0.5, 0.6) is 0 Å². The first kappa shape index (κ1) is 36.4. The summed E-state index contributed by atoms with van der Waals surface area (Å²) >= 11 is 0. The lowest BCUT2D eigenvalue weighted by Crippen LogP contribution is -2.10. The number of fused-ring (bicyclic) bond motifs is 11. The molecule has 0 N–H and O–H groups in total. The summed E-state index contributed by atoms with van der Waals surface area (Å²) in [6.45, 7) is 0. The third kappa shape index (κ3) is 5.86. The van der Waals surface area contributed by atoms with Crippen LogP contribution in [0.4, 0.5) is 17.1 Å². The normalized spacial score (nSPS) is 11.9. The Bertz CT molecular complexity index is 4060. The monoisotopic (exact) mass is 847 g/mol. The topological polar surface area (TPSA) is 94.2 Å². The molecule has 0 saturated heterocycles. The smallest absolute Gasteiger partial charge is 0.229 e. The number of furan rings is 3. The SMILES string of the molecule is c1cnc2oc3cc(-c4ccc5cc(N(c6ccc(-c7cnc8oc9ncccc9c8c7)cc6)c6ccc7cc(-c8ccc9c(c8)oc8ncccc89)ccc7c6)ccc5c4)ccc3c2c1. The van der Waals surface area contributed by atoms with Crippen molar-refractivity contribution in [1.29, 1.82) is 0 Å². The first-order chi connectivity index (χ1) is 32.6. The van der Waals surface area contributed by atoms with Gasteiger partial charge in [-0.1, -0.05) is 60.7 Å². The minimum absolute atomic E-state index is 0.580. The molecule has 0 aliphatic carbocycles. The number of benzene rings is 7. The molecule has 0 aliphatic rings. The Morgan fingerprint density at radius 2 is 0.712 bits per heavy atom. The van der Waals surface area contributed by atoms with Crippen molar-refractivity contribution in [3.05, 3.63) is 201 Å². The Kier molecular flexibility index (Phi) is 7.81. The molecule has 0 radical (unpaired) electrons. The van der Waals surface area contributed by atoms with E-state index in [-0.39, 0.29) is 0 Å². The molecule has 7 heterocycles. The molecule has 8 nitrogen and oxygen atoms in total. The van der Waals surface area contributed by atoms with Crippen LogP contribution in [0.25, 0.3) is 121 Å². The molecular formula is C58H33N5O3. The van der Waals surface area contributed by atoms with Crippen LogP contribution in [0.3, 0.4) is 0 Å². The van der Waals surface area contributed by atoms with Gasteiger partial charge in [0.1, 0.15) is 11.2 Å². The zero-order chi connectivity index (χ0) is 43.3. The highest BCUT2D eigenvalue weighted by Crippen LogP contribution is 2.41. The zero-order valence-electron chi connectivity index (χ0n) is 35.0. The van der Waals surface area contributed by atoms with E-state index in [4.69, 9.17) is 13.3 Å². The standard InChI is InChI=1S/C58H33N5O3/c1-4-49-47-21-15-41(31-53(47)64-55(49)59-23-1)35-7-9-39-28-45(19-13-37(39)26-35)63(44-17-11-34(12-18-44)43-30-52-51-6-3-25-61-57(51)66-58(52)62-33-43)46-20-14-38-27-36(8-10-40(38)29-46)42-16-22-48-50-5-2-24-60-56(50)65-54(48)32-42/h1-33H. The van der Waals surface area contributed by atoms with Gasteiger partial charge in [-0.05, 0) is 165 Å². The van der Waals surface area contributed by atoms with Crippen LogP contribution in [-0.4, -0.2) is 19.9 Å². The largest absolute Gasteiger partial charge is 0.438 e. The fourth-order valence-corrected chi connectivity index (χ4v) is 9.59. The summed E-state index contributed by atoms with van der Waals surface area (Å²) < 4.78 is 18.2. The van der Waals surface area contributed by atoms with Gasteiger partial charge >= 0.3 is 0 Å². The van der Waals surface area contributed by atoms with Gasteiger partial charge in [-0.15, -0.1) is 0 Å². The quantitative estimate of drug-likeness (QED) is 0.163. The van der Waals surface area contributed by atoms with E-state index in [9.17, 15) is 0 Å². The summed E-state index contributed by atoms with van der Waals surface area (Å²) in [5, 5.41) is 10.6. The minimum atomic E-state index is 0.580. The van der Waals surface area contributed by atoms with Gasteiger partial charge in [-0.3, -0.25) is 0 Å². The molecule has 0 unspecified atom stereocenters. The Labute approximate surface area is 375 Å². The van der Waals surface area contributed by atoms with Crippen LogP contribution < -0.4 is 4.90 Å². The fraction of sp³-hybridized carbons (Fsp3) is 0. The third-order valence-electron chi connectivity index (χ3n) is 12.9. The van der Waals surface area contributed by atoms with E-state index in [0.717, 1.165) is 115 Å². The lowest BCUT2D eigenvalue weighted by Gasteiger charge is -2.26. The molecule has 308 valence electrons. The van der Waals surface area contributed by atoms with E-state index in [2.05, 4.69) is 176 Å². The summed E-state index contributed by atoms with van der Waals surface area (Å²) in [4.78, 5) is 20.2. The minimum Gasteiger partial charge on any atom is -0.438 e. The summed E-state index contributed by atoms with van der Waals surface area (Å²) in [7, 11) is 0. The molecular weight excluding hydrogens is 815 g/mol. The summed E-state index contributed by atoms with van der Waals surface area (Å²) in [6.07, 6.45) is 7.13. The van der Waals surface area contributed by atoms with Gasteiger partial charge in [0.2, 0.25) is 22.9 Å². The Hall–Kier alpha value is -9.14. The third-order valence-corrected chi connectivity index (χ3v) is 12.9. The highest BCUT2D eigenvalue weighted by atomic mass is 16.4. The fourth-order valence-electron chi connectivity index (χ4n) is 9.59. The molecule has 0 atom stereocenters. The highest BCUT2D eigenvalue weighted by molar-refractivity contribution is 6.07. The Balaban J connectivity index is 0.846. The van der Waals surface area contributed by atoms with Crippen LogP contribution in [0.15, 0.2) is 214 Å². The van der Waals surface area contributed by atoms with Gasteiger partial charge in [0.15, 0.2) is 0 Å². The summed E-state index contributed by atoms with van der Waals surface area (Å²) in [6, 6.07) is 62.2. The van der Waals surface area contributed by atoms with Crippen LogP contribution in [0.1, 0.15) is 0 Å². The van der Waals surface area contributed by atoms with Crippen molar-refractivity contribution < 1.29 is 13.3 Å². The van der Waals surface area contributed by atoms with E-state index in [0.29, 0.717) is 22.9 Å². The van der Waals surface area contributed by atoms with Gasteiger partial charge in [-0.2, -0.15) is 0 Å². The number of nitrogens with zero attached hydrogens (tertiary/aromatic N) is 5. The second-order valence-corrected chi connectivity index (χ2v) is 16.7. The van der Waals surface area contributed by atoms with Gasteiger partial charge in [-0.25, -0.2) is 19.9 Å². The number of aromatic nitrogens is 4. The van der Waals surface area contributed by atoms with Crippen molar-refractivity contribution in [2.75, 3.05) is 4.90 Å². The van der Waals surface area contributed by atoms with Crippen LogP contribution >= 0.6 is 0 Å². The molecule has 0 spiro atoms. The Morgan fingerprint density at radius 1 is 0.288 bits per heavy atom. The number of hydrogen-bond acceptors (Lipinski definition) is 8. The van der Waals surface area contributed by atoms with E-state index in [1.165, 1.54) is 0 Å². The maximum atomic E-state index is 6.13. The average Bonchev–Trinajstić information content (AvgIpc) is 4.07. The van der Waals surface area contributed by atoms with Gasteiger partial charge in [0.25, 0.3) is 0 Å². The summed E-state index contributed by atoms with van der Waals surface area (Å²) in [5.74, 6) is 0.